The SMILES string of the molecule is c1ccc(Cc2nc(CN(Cc3cccs3)c3ccc4c(c3)OCCO4)no2)cc1. The highest BCUT2D eigenvalue weighted by Crippen LogP contribution is 2.35. The maximum atomic E-state index is 5.77. The molecule has 30 heavy (non-hydrogen) atoms. The van der Waals surface area contributed by atoms with E-state index >= 15 is 0 Å². The molecule has 0 amide bonds. The van der Waals surface area contributed by atoms with Crippen LogP contribution in [0.4, 0.5) is 5.69 Å². The third-order valence-corrected chi connectivity index (χ3v) is 5.72. The summed E-state index contributed by atoms with van der Waals surface area (Å²) in [5.41, 5.74) is 2.18. The molecule has 0 saturated heterocycles. The number of hydrogen-bond acceptors (Lipinski definition) is 7. The van der Waals surface area contributed by atoms with Gasteiger partial charge < -0.3 is 18.9 Å². The Kier molecular flexibility index (Phi) is 5.35. The molecule has 0 unspecified atom stereocenters. The van der Waals surface area contributed by atoms with Crippen molar-refractivity contribution in [2.75, 3.05) is 18.1 Å². The molecule has 0 radical (unpaired) electrons. The van der Waals surface area contributed by atoms with E-state index < -0.39 is 0 Å². The van der Waals surface area contributed by atoms with Gasteiger partial charge in [-0.15, -0.1) is 11.3 Å². The maximum absolute atomic E-state index is 5.77. The molecular formula is C23H21N3O3S. The summed E-state index contributed by atoms with van der Waals surface area (Å²) in [4.78, 5) is 8.10. The third-order valence-electron chi connectivity index (χ3n) is 4.86. The van der Waals surface area contributed by atoms with Crippen LogP contribution in [-0.4, -0.2) is 23.4 Å². The molecule has 2 aromatic heterocycles. The van der Waals surface area contributed by atoms with Crippen molar-refractivity contribution < 1.29 is 14.0 Å². The fourth-order valence-corrected chi connectivity index (χ4v) is 4.14. The monoisotopic (exact) mass is 419 g/mol. The van der Waals surface area contributed by atoms with Gasteiger partial charge in [-0.05, 0) is 29.1 Å². The zero-order chi connectivity index (χ0) is 20.2. The quantitative estimate of drug-likeness (QED) is 0.433. The highest BCUT2D eigenvalue weighted by atomic mass is 32.1. The summed E-state index contributed by atoms with van der Waals surface area (Å²) >= 11 is 1.73. The Morgan fingerprint density at radius 2 is 1.77 bits per heavy atom. The molecule has 0 N–H and O–H groups in total. The second-order valence-corrected chi connectivity index (χ2v) is 8.06. The average molecular weight is 420 g/mol. The van der Waals surface area contributed by atoms with Crippen LogP contribution in [-0.2, 0) is 19.5 Å². The van der Waals surface area contributed by atoms with Crippen LogP contribution in [0.2, 0.25) is 0 Å². The standard InChI is InChI=1S/C23H21N3O3S/c1-2-5-17(6-3-1)13-23-24-22(25-29-23)16-26(15-19-7-4-12-30-19)18-8-9-20-21(14-18)28-11-10-27-20/h1-9,12,14H,10-11,13,15-16H2. The van der Waals surface area contributed by atoms with Crippen LogP contribution in [0.3, 0.4) is 0 Å². The van der Waals surface area contributed by atoms with E-state index in [1.165, 1.54) is 4.88 Å². The molecule has 0 atom stereocenters. The van der Waals surface area contributed by atoms with E-state index in [9.17, 15) is 0 Å². The van der Waals surface area contributed by atoms with Gasteiger partial charge in [-0.2, -0.15) is 4.98 Å². The molecule has 3 heterocycles. The van der Waals surface area contributed by atoms with Gasteiger partial charge in [0.05, 0.1) is 19.5 Å². The number of ether oxygens (including phenoxy) is 2. The number of hydrogen-bond donors (Lipinski definition) is 0. The van der Waals surface area contributed by atoms with E-state index in [1.54, 1.807) is 11.3 Å². The molecule has 0 bridgehead atoms. The molecule has 4 aromatic rings. The molecule has 7 heteroatoms. The summed E-state index contributed by atoms with van der Waals surface area (Å²) in [6.45, 7) is 2.43. The van der Waals surface area contributed by atoms with Gasteiger partial charge >= 0.3 is 0 Å². The van der Waals surface area contributed by atoms with Crippen molar-refractivity contribution >= 4 is 17.0 Å². The average Bonchev–Trinajstić information content (AvgIpc) is 3.46. The van der Waals surface area contributed by atoms with Crippen molar-refractivity contribution in [3.63, 3.8) is 0 Å². The van der Waals surface area contributed by atoms with Gasteiger partial charge in [0, 0.05) is 16.6 Å². The highest BCUT2D eigenvalue weighted by molar-refractivity contribution is 7.09. The molecular weight excluding hydrogens is 398 g/mol. The first-order valence-corrected chi connectivity index (χ1v) is 10.7. The molecule has 0 aliphatic carbocycles. The van der Waals surface area contributed by atoms with E-state index in [0.717, 1.165) is 29.3 Å². The molecule has 0 fully saturated rings. The van der Waals surface area contributed by atoms with Crippen molar-refractivity contribution in [2.24, 2.45) is 0 Å². The number of aromatic nitrogens is 2. The maximum Gasteiger partial charge on any atom is 0.231 e. The number of rotatable bonds is 7. The van der Waals surface area contributed by atoms with Crippen molar-refractivity contribution in [1.29, 1.82) is 0 Å². The predicted molar refractivity (Wildman–Crippen MR) is 115 cm³/mol. The largest absolute Gasteiger partial charge is 0.486 e. The Morgan fingerprint density at radius 1 is 0.900 bits per heavy atom. The van der Waals surface area contributed by atoms with Gasteiger partial charge in [-0.25, -0.2) is 0 Å². The molecule has 0 saturated carbocycles. The second-order valence-electron chi connectivity index (χ2n) is 7.03. The Morgan fingerprint density at radius 3 is 2.60 bits per heavy atom. The lowest BCUT2D eigenvalue weighted by molar-refractivity contribution is 0.171. The first kappa shape index (κ1) is 18.7. The summed E-state index contributed by atoms with van der Waals surface area (Å²) in [6.07, 6.45) is 0.628. The van der Waals surface area contributed by atoms with Crippen LogP contribution >= 0.6 is 11.3 Å². The molecule has 0 spiro atoms. The molecule has 2 aromatic carbocycles. The molecule has 5 rings (SSSR count). The first-order chi connectivity index (χ1) is 14.8. The van der Waals surface area contributed by atoms with Crippen LogP contribution in [0.1, 0.15) is 22.2 Å². The van der Waals surface area contributed by atoms with E-state index in [-0.39, 0.29) is 0 Å². The van der Waals surface area contributed by atoms with Crippen molar-refractivity contribution in [1.82, 2.24) is 10.1 Å². The summed E-state index contributed by atoms with van der Waals surface area (Å²) in [6, 6.07) is 20.4. The molecule has 1 aliphatic rings. The lowest BCUT2D eigenvalue weighted by Gasteiger charge is -2.25. The Labute approximate surface area is 178 Å². The van der Waals surface area contributed by atoms with E-state index in [0.29, 0.717) is 37.9 Å². The summed E-state index contributed by atoms with van der Waals surface area (Å²) in [5, 5.41) is 6.30. The van der Waals surface area contributed by atoms with E-state index in [2.05, 4.69) is 44.7 Å². The third kappa shape index (κ3) is 4.31. The second kappa shape index (κ2) is 8.59. The normalized spacial score (nSPS) is 12.7. The minimum Gasteiger partial charge on any atom is -0.486 e. The Hall–Kier alpha value is -3.32. The summed E-state index contributed by atoms with van der Waals surface area (Å²) < 4.78 is 16.9. The van der Waals surface area contributed by atoms with Gasteiger partial charge in [0.25, 0.3) is 0 Å². The van der Waals surface area contributed by atoms with E-state index in [4.69, 9.17) is 14.0 Å². The van der Waals surface area contributed by atoms with Crippen LogP contribution in [0.5, 0.6) is 11.5 Å². The summed E-state index contributed by atoms with van der Waals surface area (Å²) in [5.74, 6) is 2.83. The van der Waals surface area contributed by atoms with Gasteiger partial charge in [0.1, 0.15) is 13.2 Å². The zero-order valence-corrected chi connectivity index (χ0v) is 17.2. The number of fused-ring (bicyclic) bond motifs is 1. The lowest BCUT2D eigenvalue weighted by Crippen LogP contribution is -2.23. The highest BCUT2D eigenvalue weighted by Gasteiger charge is 2.18. The first-order valence-electron chi connectivity index (χ1n) is 9.86. The molecule has 6 nitrogen and oxygen atoms in total. The predicted octanol–water partition coefficient (Wildman–Crippen LogP) is 4.70. The Balaban J connectivity index is 1.37. The van der Waals surface area contributed by atoms with Crippen molar-refractivity contribution in [2.45, 2.75) is 19.5 Å². The zero-order valence-electron chi connectivity index (χ0n) is 16.4. The van der Waals surface area contributed by atoms with Crippen molar-refractivity contribution in [3.8, 4) is 11.5 Å². The van der Waals surface area contributed by atoms with Crippen LogP contribution in [0, 0.1) is 0 Å². The lowest BCUT2D eigenvalue weighted by atomic mass is 10.1. The molecule has 152 valence electrons. The smallest absolute Gasteiger partial charge is 0.231 e. The van der Waals surface area contributed by atoms with Crippen molar-refractivity contribution in [3.05, 3.63) is 88.2 Å². The van der Waals surface area contributed by atoms with Gasteiger partial charge in [0.15, 0.2) is 17.3 Å². The fraction of sp³-hybridized carbons (Fsp3) is 0.217. The van der Waals surface area contributed by atoms with Crippen LogP contribution in [0.25, 0.3) is 0 Å². The van der Waals surface area contributed by atoms with Gasteiger partial charge in [0.2, 0.25) is 5.89 Å². The minimum absolute atomic E-state index is 0.538. The van der Waals surface area contributed by atoms with Gasteiger partial charge in [-0.1, -0.05) is 41.6 Å². The van der Waals surface area contributed by atoms with Crippen LogP contribution < -0.4 is 14.4 Å². The summed E-state index contributed by atoms with van der Waals surface area (Å²) in [7, 11) is 0. The minimum atomic E-state index is 0.538. The number of benzene rings is 2. The Bertz CT molecular complexity index is 1100. The van der Waals surface area contributed by atoms with E-state index in [1.807, 2.05) is 36.4 Å². The van der Waals surface area contributed by atoms with Gasteiger partial charge in [-0.3, -0.25) is 0 Å². The topological polar surface area (TPSA) is 60.6 Å². The number of anilines is 1. The number of thiophene rings is 1. The van der Waals surface area contributed by atoms with Crippen LogP contribution in [0.15, 0.2) is 70.6 Å². The number of nitrogens with zero attached hydrogens (tertiary/aromatic N) is 3. The fourth-order valence-electron chi connectivity index (χ4n) is 3.43. The molecule has 1 aliphatic heterocycles.